The lowest BCUT2D eigenvalue weighted by molar-refractivity contribution is 0.601. The summed E-state index contributed by atoms with van der Waals surface area (Å²) in [6.45, 7) is 1.75. The highest BCUT2D eigenvalue weighted by Crippen LogP contribution is 2.21. The van der Waals surface area contributed by atoms with Crippen molar-refractivity contribution in [2.45, 2.75) is 11.8 Å². The molecule has 19 heavy (non-hydrogen) atoms. The average Bonchev–Trinajstić information content (AvgIpc) is 2.76. The van der Waals surface area contributed by atoms with Crippen molar-refractivity contribution in [3.8, 4) is 6.07 Å². The summed E-state index contributed by atoms with van der Waals surface area (Å²) in [5.74, 6) is 0. The van der Waals surface area contributed by atoms with Gasteiger partial charge in [-0.05, 0) is 18.6 Å². The molecule has 98 valence electrons. The fourth-order valence-electron chi connectivity index (χ4n) is 1.64. The standard InChI is InChI=1S/C12H12N4O2S/c1-9-4-3-5-12(11(9)6-13)15-19(17,18)10-7-14-16(2)8-10/h3-5,7-8,15H,1-2H3. The monoisotopic (exact) mass is 276 g/mol. The van der Waals surface area contributed by atoms with Crippen LogP contribution >= 0.6 is 0 Å². The Morgan fingerprint density at radius 2 is 2.16 bits per heavy atom. The first-order chi connectivity index (χ1) is 8.94. The van der Waals surface area contributed by atoms with Crippen LogP contribution in [0.1, 0.15) is 11.1 Å². The fraction of sp³-hybridized carbons (Fsp3) is 0.167. The van der Waals surface area contributed by atoms with Crippen LogP contribution in [0.5, 0.6) is 0 Å². The Balaban J connectivity index is 2.42. The number of aromatic nitrogens is 2. The van der Waals surface area contributed by atoms with Crippen molar-refractivity contribution < 1.29 is 8.42 Å². The summed E-state index contributed by atoms with van der Waals surface area (Å²) in [4.78, 5) is 0.0559. The molecule has 2 rings (SSSR count). The molecule has 0 saturated carbocycles. The van der Waals surface area contributed by atoms with E-state index in [2.05, 4.69) is 9.82 Å². The highest BCUT2D eigenvalue weighted by Gasteiger charge is 2.18. The van der Waals surface area contributed by atoms with Crippen LogP contribution in [0.4, 0.5) is 5.69 Å². The number of rotatable bonds is 3. The summed E-state index contributed by atoms with van der Waals surface area (Å²) in [5, 5.41) is 12.9. The van der Waals surface area contributed by atoms with E-state index < -0.39 is 10.0 Å². The van der Waals surface area contributed by atoms with Crippen LogP contribution in [-0.4, -0.2) is 18.2 Å². The van der Waals surface area contributed by atoms with Gasteiger partial charge in [-0.3, -0.25) is 9.40 Å². The van der Waals surface area contributed by atoms with Crippen LogP contribution in [0, 0.1) is 18.3 Å². The van der Waals surface area contributed by atoms with E-state index in [1.165, 1.54) is 17.1 Å². The molecule has 1 heterocycles. The lowest BCUT2D eigenvalue weighted by Gasteiger charge is -2.09. The van der Waals surface area contributed by atoms with Crippen LogP contribution in [-0.2, 0) is 17.1 Å². The highest BCUT2D eigenvalue weighted by atomic mass is 32.2. The molecule has 0 bridgehead atoms. The van der Waals surface area contributed by atoms with Gasteiger partial charge in [0.2, 0.25) is 0 Å². The van der Waals surface area contributed by atoms with Crippen molar-refractivity contribution in [1.82, 2.24) is 9.78 Å². The van der Waals surface area contributed by atoms with Gasteiger partial charge in [-0.2, -0.15) is 10.4 Å². The number of aryl methyl sites for hydroxylation is 2. The maximum absolute atomic E-state index is 12.1. The van der Waals surface area contributed by atoms with E-state index in [-0.39, 0.29) is 10.6 Å². The molecule has 1 aromatic carbocycles. The molecule has 0 spiro atoms. The van der Waals surface area contributed by atoms with Gasteiger partial charge in [0.15, 0.2) is 0 Å². The third kappa shape index (κ3) is 2.58. The first-order valence-electron chi connectivity index (χ1n) is 5.45. The summed E-state index contributed by atoms with van der Waals surface area (Å²) >= 11 is 0. The minimum Gasteiger partial charge on any atom is -0.278 e. The number of hydrogen-bond acceptors (Lipinski definition) is 4. The molecular formula is C12H12N4O2S. The van der Waals surface area contributed by atoms with Crippen molar-refractivity contribution in [2.75, 3.05) is 4.72 Å². The molecule has 1 N–H and O–H groups in total. The zero-order chi connectivity index (χ0) is 14.0. The summed E-state index contributed by atoms with van der Waals surface area (Å²) in [5.41, 5.74) is 1.30. The van der Waals surface area contributed by atoms with E-state index in [1.807, 2.05) is 6.07 Å². The quantitative estimate of drug-likeness (QED) is 0.917. The molecule has 2 aromatic rings. The zero-order valence-electron chi connectivity index (χ0n) is 10.5. The van der Waals surface area contributed by atoms with Gasteiger partial charge in [0.05, 0.1) is 17.4 Å². The first kappa shape index (κ1) is 13.1. The molecule has 0 aliphatic heterocycles. The zero-order valence-corrected chi connectivity index (χ0v) is 11.3. The largest absolute Gasteiger partial charge is 0.278 e. The van der Waals surface area contributed by atoms with Crippen LogP contribution < -0.4 is 4.72 Å². The van der Waals surface area contributed by atoms with Crippen molar-refractivity contribution >= 4 is 15.7 Å². The number of sulfonamides is 1. The molecule has 0 atom stereocenters. The van der Waals surface area contributed by atoms with Gasteiger partial charge in [-0.25, -0.2) is 8.42 Å². The average molecular weight is 276 g/mol. The topological polar surface area (TPSA) is 87.8 Å². The fourth-order valence-corrected chi connectivity index (χ4v) is 2.70. The summed E-state index contributed by atoms with van der Waals surface area (Å²) in [6.07, 6.45) is 2.65. The van der Waals surface area contributed by atoms with Gasteiger partial charge in [0, 0.05) is 13.2 Å². The SMILES string of the molecule is Cc1cccc(NS(=O)(=O)c2cnn(C)c2)c1C#N. The maximum Gasteiger partial charge on any atom is 0.265 e. The molecule has 7 heteroatoms. The van der Waals surface area contributed by atoms with Crippen LogP contribution in [0.2, 0.25) is 0 Å². The smallest absolute Gasteiger partial charge is 0.265 e. The van der Waals surface area contributed by atoms with Gasteiger partial charge in [0.25, 0.3) is 10.0 Å². The van der Waals surface area contributed by atoms with E-state index in [4.69, 9.17) is 5.26 Å². The van der Waals surface area contributed by atoms with Crippen molar-refractivity contribution in [1.29, 1.82) is 5.26 Å². The number of anilines is 1. The molecule has 0 fully saturated rings. The third-order valence-corrected chi connectivity index (χ3v) is 3.94. The maximum atomic E-state index is 12.1. The van der Waals surface area contributed by atoms with E-state index in [1.54, 1.807) is 32.2 Å². The van der Waals surface area contributed by atoms with Crippen molar-refractivity contribution in [3.63, 3.8) is 0 Å². The summed E-state index contributed by atoms with van der Waals surface area (Å²) < 4.78 is 28.0. The second-order valence-electron chi connectivity index (χ2n) is 4.06. The number of nitrogens with zero attached hydrogens (tertiary/aromatic N) is 3. The van der Waals surface area contributed by atoms with Crippen LogP contribution in [0.25, 0.3) is 0 Å². The van der Waals surface area contributed by atoms with E-state index in [0.717, 1.165) is 0 Å². The van der Waals surface area contributed by atoms with Crippen LogP contribution in [0.15, 0.2) is 35.5 Å². The predicted octanol–water partition coefficient (Wildman–Crippen LogP) is 1.40. The normalized spacial score (nSPS) is 11.0. The minimum atomic E-state index is -3.73. The molecule has 0 unspecified atom stereocenters. The summed E-state index contributed by atoms with van der Waals surface area (Å²) in [7, 11) is -2.09. The number of hydrogen-bond donors (Lipinski definition) is 1. The first-order valence-corrected chi connectivity index (χ1v) is 6.93. The molecule has 6 nitrogen and oxygen atoms in total. The summed E-state index contributed by atoms with van der Waals surface area (Å²) in [6, 6.07) is 6.99. The Morgan fingerprint density at radius 3 is 2.74 bits per heavy atom. The van der Waals surface area contributed by atoms with Gasteiger partial charge >= 0.3 is 0 Å². The van der Waals surface area contributed by atoms with E-state index in [0.29, 0.717) is 11.1 Å². The molecule has 0 radical (unpaired) electrons. The predicted molar refractivity (Wildman–Crippen MR) is 69.9 cm³/mol. The Labute approximate surface area is 111 Å². The van der Waals surface area contributed by atoms with Gasteiger partial charge in [-0.1, -0.05) is 12.1 Å². The van der Waals surface area contributed by atoms with Gasteiger partial charge < -0.3 is 0 Å². The minimum absolute atomic E-state index is 0.0559. The van der Waals surface area contributed by atoms with Gasteiger partial charge in [-0.15, -0.1) is 0 Å². The Bertz CT molecular complexity index is 756. The van der Waals surface area contributed by atoms with Crippen molar-refractivity contribution in [2.24, 2.45) is 7.05 Å². The third-order valence-electron chi connectivity index (χ3n) is 2.62. The Kier molecular flexibility index (Phi) is 3.27. The molecule has 0 amide bonds. The lowest BCUT2D eigenvalue weighted by atomic mass is 10.1. The molecular weight excluding hydrogens is 264 g/mol. The van der Waals surface area contributed by atoms with E-state index in [9.17, 15) is 8.42 Å². The highest BCUT2D eigenvalue weighted by molar-refractivity contribution is 7.92. The second-order valence-corrected chi connectivity index (χ2v) is 5.75. The van der Waals surface area contributed by atoms with E-state index >= 15 is 0 Å². The molecule has 0 aliphatic rings. The number of benzene rings is 1. The van der Waals surface area contributed by atoms with Crippen LogP contribution in [0.3, 0.4) is 0 Å². The second kappa shape index (κ2) is 4.74. The Morgan fingerprint density at radius 1 is 1.42 bits per heavy atom. The van der Waals surface area contributed by atoms with Crippen molar-refractivity contribution in [3.05, 3.63) is 41.7 Å². The molecule has 1 aromatic heterocycles. The number of nitriles is 1. The number of nitrogens with one attached hydrogen (secondary N) is 1. The van der Waals surface area contributed by atoms with Gasteiger partial charge in [0.1, 0.15) is 11.0 Å². The lowest BCUT2D eigenvalue weighted by Crippen LogP contribution is -2.13. The molecule has 0 aliphatic carbocycles. The Hall–Kier alpha value is -2.33. The molecule has 0 saturated heterocycles.